The van der Waals surface area contributed by atoms with E-state index in [0.717, 1.165) is 16.7 Å². The van der Waals surface area contributed by atoms with Crippen molar-refractivity contribution < 1.29 is 0 Å². The average Bonchev–Trinajstić information content (AvgIpc) is 2.15. The van der Waals surface area contributed by atoms with Crippen molar-refractivity contribution in [1.82, 2.24) is 9.97 Å². The Labute approximate surface area is 101 Å². The van der Waals surface area contributed by atoms with E-state index in [1.165, 1.54) is 0 Å². The largest absolute Gasteiger partial charge is 0.362 e. The van der Waals surface area contributed by atoms with Gasteiger partial charge in [0.2, 0.25) is 0 Å². The molecule has 5 heteroatoms. The summed E-state index contributed by atoms with van der Waals surface area (Å²) in [5.41, 5.74) is 0.841. The monoisotopic (exact) mass is 285 g/mol. The topological polar surface area (TPSA) is 29.0 Å². The fraction of sp³-hybridized carbons (Fsp3) is 0.200. The van der Waals surface area contributed by atoms with Gasteiger partial charge >= 0.3 is 0 Å². The molecule has 15 heavy (non-hydrogen) atoms. The zero-order valence-electron chi connectivity index (χ0n) is 8.33. The Kier molecular flexibility index (Phi) is 2.80. The summed E-state index contributed by atoms with van der Waals surface area (Å²) >= 11 is 9.20. The molecule has 2 aromatic rings. The molecule has 0 fully saturated rings. The Morgan fingerprint density at radius 2 is 2.00 bits per heavy atom. The number of nitrogens with zero attached hydrogens (tertiary/aromatic N) is 3. The van der Waals surface area contributed by atoms with Gasteiger partial charge in [-0.1, -0.05) is 11.6 Å². The average molecular weight is 287 g/mol. The number of aromatic nitrogens is 2. The summed E-state index contributed by atoms with van der Waals surface area (Å²) in [4.78, 5) is 10.5. The Hall–Kier alpha value is -0.870. The third-order valence-corrected chi connectivity index (χ3v) is 2.62. The molecule has 0 aliphatic carbocycles. The van der Waals surface area contributed by atoms with Crippen LogP contribution in [0.25, 0.3) is 10.9 Å². The second kappa shape index (κ2) is 3.94. The first-order chi connectivity index (χ1) is 7.08. The Balaban J connectivity index is 2.80. The SMILES string of the molecule is CN(C)c1nc(Br)nc2cc(Cl)ccc12. The van der Waals surface area contributed by atoms with Gasteiger partial charge in [-0.2, -0.15) is 0 Å². The van der Waals surface area contributed by atoms with Gasteiger partial charge in [0, 0.05) is 24.5 Å². The predicted octanol–water partition coefficient (Wildman–Crippen LogP) is 3.11. The third-order valence-electron chi connectivity index (χ3n) is 2.04. The zero-order chi connectivity index (χ0) is 11.0. The number of hydrogen-bond donors (Lipinski definition) is 0. The van der Waals surface area contributed by atoms with E-state index < -0.39 is 0 Å². The molecule has 0 aliphatic rings. The van der Waals surface area contributed by atoms with E-state index in [1.807, 2.05) is 37.2 Å². The smallest absolute Gasteiger partial charge is 0.199 e. The van der Waals surface area contributed by atoms with E-state index in [1.54, 1.807) is 0 Å². The molecule has 0 N–H and O–H groups in total. The Bertz CT molecular complexity index is 508. The fourth-order valence-electron chi connectivity index (χ4n) is 1.40. The van der Waals surface area contributed by atoms with Gasteiger partial charge in [-0.15, -0.1) is 0 Å². The van der Waals surface area contributed by atoms with Crippen LogP contribution in [0.2, 0.25) is 5.02 Å². The van der Waals surface area contributed by atoms with E-state index in [9.17, 15) is 0 Å². The number of rotatable bonds is 1. The van der Waals surface area contributed by atoms with Gasteiger partial charge in [-0.3, -0.25) is 0 Å². The van der Waals surface area contributed by atoms with Crippen LogP contribution in [0.3, 0.4) is 0 Å². The number of hydrogen-bond acceptors (Lipinski definition) is 3. The Morgan fingerprint density at radius 1 is 1.27 bits per heavy atom. The van der Waals surface area contributed by atoms with Gasteiger partial charge in [0.1, 0.15) is 5.82 Å². The number of benzene rings is 1. The maximum absolute atomic E-state index is 5.91. The molecule has 1 aromatic heterocycles. The highest BCUT2D eigenvalue weighted by atomic mass is 79.9. The van der Waals surface area contributed by atoms with Gasteiger partial charge in [0.05, 0.1) is 5.52 Å². The summed E-state index contributed by atoms with van der Waals surface area (Å²) in [5.74, 6) is 0.878. The van der Waals surface area contributed by atoms with Crippen molar-refractivity contribution in [3.63, 3.8) is 0 Å². The number of halogens is 2. The van der Waals surface area contributed by atoms with Crippen molar-refractivity contribution in [3.05, 3.63) is 28.0 Å². The summed E-state index contributed by atoms with van der Waals surface area (Å²) in [6.45, 7) is 0. The van der Waals surface area contributed by atoms with E-state index in [4.69, 9.17) is 11.6 Å². The van der Waals surface area contributed by atoms with Crippen molar-refractivity contribution in [1.29, 1.82) is 0 Å². The van der Waals surface area contributed by atoms with Crippen molar-refractivity contribution in [2.24, 2.45) is 0 Å². The van der Waals surface area contributed by atoms with Gasteiger partial charge in [-0.05, 0) is 34.1 Å². The van der Waals surface area contributed by atoms with Crippen LogP contribution in [0.5, 0.6) is 0 Å². The van der Waals surface area contributed by atoms with Crippen LogP contribution < -0.4 is 4.90 Å². The van der Waals surface area contributed by atoms with E-state index in [-0.39, 0.29) is 0 Å². The molecule has 1 aromatic carbocycles. The van der Waals surface area contributed by atoms with Gasteiger partial charge < -0.3 is 4.90 Å². The molecule has 78 valence electrons. The number of anilines is 1. The fourth-order valence-corrected chi connectivity index (χ4v) is 1.92. The first-order valence-corrected chi connectivity index (χ1v) is 5.55. The predicted molar refractivity (Wildman–Crippen MR) is 66.6 cm³/mol. The van der Waals surface area contributed by atoms with Gasteiger partial charge in [0.25, 0.3) is 0 Å². The molecule has 0 spiro atoms. The van der Waals surface area contributed by atoms with Crippen LogP contribution >= 0.6 is 27.5 Å². The van der Waals surface area contributed by atoms with Gasteiger partial charge in [0.15, 0.2) is 4.73 Å². The minimum atomic E-state index is 0.570. The molecular formula is C10H9BrClN3. The number of fused-ring (bicyclic) bond motifs is 1. The van der Waals surface area contributed by atoms with Crippen LogP contribution in [0, 0.1) is 0 Å². The first-order valence-electron chi connectivity index (χ1n) is 4.38. The summed E-state index contributed by atoms with van der Waals surface area (Å²) in [7, 11) is 3.89. The van der Waals surface area contributed by atoms with Crippen LogP contribution in [0.4, 0.5) is 5.82 Å². The summed E-state index contributed by atoms with van der Waals surface area (Å²) in [6.07, 6.45) is 0. The lowest BCUT2D eigenvalue weighted by atomic mass is 10.2. The highest BCUT2D eigenvalue weighted by molar-refractivity contribution is 9.10. The van der Waals surface area contributed by atoms with Crippen LogP contribution in [-0.4, -0.2) is 24.1 Å². The van der Waals surface area contributed by atoms with Crippen LogP contribution in [-0.2, 0) is 0 Å². The molecule has 0 atom stereocenters. The molecule has 3 nitrogen and oxygen atoms in total. The quantitative estimate of drug-likeness (QED) is 0.754. The normalized spacial score (nSPS) is 10.7. The molecule has 0 saturated carbocycles. The highest BCUT2D eigenvalue weighted by Gasteiger charge is 2.08. The molecule has 0 radical (unpaired) electrons. The van der Waals surface area contributed by atoms with E-state index >= 15 is 0 Å². The molecule has 0 aliphatic heterocycles. The van der Waals surface area contributed by atoms with Crippen LogP contribution in [0.15, 0.2) is 22.9 Å². The summed E-state index contributed by atoms with van der Waals surface area (Å²) in [6, 6.07) is 5.60. The van der Waals surface area contributed by atoms with Crippen molar-refractivity contribution >= 4 is 44.3 Å². The van der Waals surface area contributed by atoms with E-state index in [2.05, 4.69) is 25.9 Å². The summed E-state index contributed by atoms with van der Waals surface area (Å²) in [5, 5.41) is 1.67. The molecular weight excluding hydrogens is 277 g/mol. The molecule has 1 heterocycles. The van der Waals surface area contributed by atoms with Crippen LogP contribution in [0.1, 0.15) is 0 Å². The van der Waals surface area contributed by atoms with Crippen molar-refractivity contribution in [3.8, 4) is 0 Å². The highest BCUT2D eigenvalue weighted by Crippen LogP contribution is 2.26. The lowest BCUT2D eigenvalue weighted by Gasteiger charge is -2.13. The minimum Gasteiger partial charge on any atom is -0.362 e. The second-order valence-corrected chi connectivity index (χ2v) is 4.52. The second-order valence-electron chi connectivity index (χ2n) is 3.37. The molecule has 2 rings (SSSR count). The summed E-state index contributed by atoms with van der Waals surface area (Å²) < 4.78 is 0.570. The molecule has 0 amide bonds. The minimum absolute atomic E-state index is 0.570. The molecule has 0 unspecified atom stereocenters. The third kappa shape index (κ3) is 2.06. The Morgan fingerprint density at radius 3 is 2.67 bits per heavy atom. The maximum Gasteiger partial charge on any atom is 0.199 e. The maximum atomic E-state index is 5.91. The molecule has 0 bridgehead atoms. The van der Waals surface area contributed by atoms with E-state index in [0.29, 0.717) is 9.76 Å². The van der Waals surface area contributed by atoms with Gasteiger partial charge in [-0.25, -0.2) is 9.97 Å². The lowest BCUT2D eigenvalue weighted by Crippen LogP contribution is -2.11. The first kappa shape index (κ1) is 10.6. The standard InChI is InChI=1S/C10H9BrClN3/c1-15(2)9-7-4-3-6(12)5-8(7)13-10(11)14-9/h3-5H,1-2H3. The lowest BCUT2D eigenvalue weighted by molar-refractivity contribution is 1.04. The van der Waals surface area contributed by atoms with Crippen molar-refractivity contribution in [2.75, 3.05) is 19.0 Å². The molecule has 0 saturated heterocycles. The van der Waals surface area contributed by atoms with Crippen molar-refractivity contribution in [2.45, 2.75) is 0 Å². The zero-order valence-corrected chi connectivity index (χ0v) is 10.7.